The molecule has 1 rings (SSSR count). The second-order valence-corrected chi connectivity index (χ2v) is 5.89. The minimum Gasteiger partial charge on any atom is -0.872 e. The molecule has 0 heterocycles. The van der Waals surface area contributed by atoms with Gasteiger partial charge in [-0.05, 0) is 12.5 Å². The van der Waals surface area contributed by atoms with Crippen LogP contribution in [0.25, 0.3) is 0 Å². The van der Waals surface area contributed by atoms with Crippen LogP contribution in [-0.2, 0) is 0 Å². The van der Waals surface area contributed by atoms with Crippen LogP contribution in [0.4, 0.5) is 0 Å². The Bertz CT molecular complexity index is 515. The lowest BCUT2D eigenvalue weighted by Gasteiger charge is -2.11. The minimum atomic E-state index is -1.29. The number of Topliss-reactive ketones (excluding diaryl/α,β-unsaturated/α-hetero) is 1. The van der Waals surface area contributed by atoms with Crippen LogP contribution in [0.1, 0.15) is 79.0 Å². The summed E-state index contributed by atoms with van der Waals surface area (Å²) in [4.78, 5) is 22.8. The molecule has 0 aliphatic heterocycles. The summed E-state index contributed by atoms with van der Waals surface area (Å²) >= 11 is 0. The van der Waals surface area contributed by atoms with Crippen LogP contribution in [0.3, 0.4) is 0 Å². The first-order chi connectivity index (χ1) is 12.0. The van der Waals surface area contributed by atoms with Crippen molar-refractivity contribution in [1.82, 2.24) is 0 Å². The number of ketones is 1. The van der Waals surface area contributed by atoms with Crippen molar-refractivity contribution in [2.24, 2.45) is 0 Å². The number of carbonyl (C=O) groups excluding carboxylic acids is 1. The van der Waals surface area contributed by atoms with Crippen molar-refractivity contribution >= 4 is 11.8 Å². The molecule has 0 radical (unpaired) electrons. The molecule has 1 aromatic carbocycles. The van der Waals surface area contributed by atoms with Crippen LogP contribution in [0.5, 0.6) is 5.75 Å². The maximum Gasteiger partial charge on any atom is 0.335 e. The van der Waals surface area contributed by atoms with E-state index in [-0.39, 0.29) is 18.0 Å². The minimum absolute atomic E-state index is 0.0916. The lowest BCUT2D eigenvalue weighted by Crippen LogP contribution is -2.51. The number of quaternary nitrogens is 1. The molecule has 6 nitrogen and oxygen atoms in total. The molecule has 0 unspecified atom stereocenters. The van der Waals surface area contributed by atoms with E-state index in [9.17, 15) is 14.7 Å². The molecule has 0 aliphatic carbocycles. The zero-order valence-electron chi connectivity index (χ0n) is 15.1. The van der Waals surface area contributed by atoms with Crippen molar-refractivity contribution in [2.75, 3.05) is 13.2 Å². The first kappa shape index (κ1) is 23.1. The lowest BCUT2D eigenvalue weighted by atomic mass is 10.0. The predicted octanol–water partition coefficient (Wildman–Crippen LogP) is 2.00. The summed E-state index contributed by atoms with van der Waals surface area (Å²) in [6, 6.07) is 3.76. The molecule has 142 valence electrons. The van der Waals surface area contributed by atoms with Crippen molar-refractivity contribution in [3.8, 4) is 5.75 Å². The molecule has 0 aliphatic rings. The number of aliphatic hydroxyl groups is 1. The molecule has 1 aromatic rings. The van der Waals surface area contributed by atoms with Gasteiger partial charge < -0.3 is 21.1 Å². The molecular weight excluding hydrogens is 322 g/mol. The number of carbonyl (C=O) groups is 2. The van der Waals surface area contributed by atoms with Crippen LogP contribution in [0.15, 0.2) is 18.2 Å². The molecule has 0 atom stereocenters. The molecule has 0 amide bonds. The van der Waals surface area contributed by atoms with Gasteiger partial charge in [-0.1, -0.05) is 63.3 Å². The highest BCUT2D eigenvalue weighted by atomic mass is 16.4. The van der Waals surface area contributed by atoms with Gasteiger partial charge in [-0.25, -0.2) is 4.79 Å². The van der Waals surface area contributed by atoms with Gasteiger partial charge in [0.1, 0.15) is 0 Å². The monoisotopic (exact) mass is 353 g/mol. The van der Waals surface area contributed by atoms with Gasteiger partial charge in [-0.3, -0.25) is 4.79 Å². The Kier molecular flexibility index (Phi) is 13.3. The molecule has 0 saturated carbocycles. The van der Waals surface area contributed by atoms with E-state index in [1.807, 2.05) is 0 Å². The average molecular weight is 353 g/mol. The topological polar surface area (TPSA) is 125 Å². The van der Waals surface area contributed by atoms with Crippen molar-refractivity contribution in [2.45, 2.75) is 58.3 Å². The second kappa shape index (κ2) is 14.4. The highest BCUT2D eigenvalue weighted by Crippen LogP contribution is 2.18. The predicted molar refractivity (Wildman–Crippen MR) is 94.6 cm³/mol. The van der Waals surface area contributed by atoms with Crippen LogP contribution < -0.4 is 10.8 Å². The summed E-state index contributed by atoms with van der Waals surface area (Å²) in [6.07, 6.45) is 8.30. The number of carboxylic acid groups (broad SMARTS) is 1. The Morgan fingerprint density at radius 1 is 1.08 bits per heavy atom. The Morgan fingerprint density at radius 2 is 1.64 bits per heavy atom. The van der Waals surface area contributed by atoms with E-state index in [4.69, 9.17) is 10.2 Å². The molecule has 0 saturated heterocycles. The normalized spacial score (nSPS) is 10.0. The number of unbranched alkanes of at least 4 members (excludes halogenated alkanes) is 6. The highest BCUT2D eigenvalue weighted by Gasteiger charge is 2.10. The fraction of sp³-hybridized carbons (Fsp3) is 0.579. The standard InChI is InChI=1S/C17H24O4.C2H7NO/c1-2-3-4-5-6-7-8-9-15(18)13-10-11-16(19)14(12-13)17(20)21;3-1-2-4/h10-12,19H,2-9H2,1H3,(H,20,21);4H,1-3H2. The van der Waals surface area contributed by atoms with Gasteiger partial charge in [-0.2, -0.15) is 0 Å². The van der Waals surface area contributed by atoms with Gasteiger partial charge >= 0.3 is 5.97 Å². The van der Waals surface area contributed by atoms with Crippen molar-refractivity contribution in [1.29, 1.82) is 0 Å². The van der Waals surface area contributed by atoms with Crippen molar-refractivity contribution in [3.63, 3.8) is 0 Å². The van der Waals surface area contributed by atoms with E-state index in [2.05, 4.69) is 12.7 Å². The Balaban J connectivity index is 0.00000129. The fourth-order valence-electron chi connectivity index (χ4n) is 2.26. The number of aromatic carboxylic acids is 1. The average Bonchev–Trinajstić information content (AvgIpc) is 2.61. The maximum absolute atomic E-state index is 12.0. The number of hydrogen-bond donors (Lipinski definition) is 3. The van der Waals surface area contributed by atoms with E-state index >= 15 is 0 Å². The Morgan fingerprint density at radius 3 is 2.16 bits per heavy atom. The maximum atomic E-state index is 12.0. The fourth-order valence-corrected chi connectivity index (χ4v) is 2.26. The quantitative estimate of drug-likeness (QED) is 0.414. The van der Waals surface area contributed by atoms with Gasteiger partial charge in [-0.15, -0.1) is 0 Å². The summed E-state index contributed by atoms with van der Waals surface area (Å²) in [5.74, 6) is -1.94. The molecule has 0 spiro atoms. The second-order valence-electron chi connectivity index (χ2n) is 5.89. The zero-order chi connectivity index (χ0) is 19.1. The third kappa shape index (κ3) is 10.5. The van der Waals surface area contributed by atoms with Crippen LogP contribution in [-0.4, -0.2) is 35.1 Å². The van der Waals surface area contributed by atoms with E-state index < -0.39 is 11.7 Å². The third-order valence-corrected chi connectivity index (χ3v) is 3.70. The number of aliphatic hydroxyl groups excluding tert-OH is 1. The molecular formula is C19H31NO5. The number of benzene rings is 1. The summed E-state index contributed by atoms with van der Waals surface area (Å²) in [5, 5.41) is 28.0. The molecule has 0 bridgehead atoms. The first-order valence-corrected chi connectivity index (χ1v) is 8.95. The van der Waals surface area contributed by atoms with Gasteiger partial charge in [0, 0.05) is 12.0 Å². The van der Waals surface area contributed by atoms with E-state index in [0.717, 1.165) is 25.3 Å². The van der Waals surface area contributed by atoms with Gasteiger partial charge in [0.05, 0.1) is 18.7 Å². The third-order valence-electron chi connectivity index (χ3n) is 3.70. The number of rotatable bonds is 11. The summed E-state index contributed by atoms with van der Waals surface area (Å²) in [5.41, 5.74) is 3.34. The van der Waals surface area contributed by atoms with Crippen molar-refractivity contribution in [3.05, 3.63) is 29.3 Å². The lowest BCUT2D eigenvalue weighted by molar-refractivity contribution is -0.372. The van der Waals surface area contributed by atoms with Crippen molar-refractivity contribution < 1.29 is 30.6 Å². The molecule has 0 fully saturated rings. The van der Waals surface area contributed by atoms with Crippen LogP contribution in [0, 0.1) is 0 Å². The number of carboxylic acids is 1. The van der Waals surface area contributed by atoms with E-state index in [1.54, 1.807) is 0 Å². The summed E-state index contributed by atoms with van der Waals surface area (Å²) in [6.45, 7) is 3.01. The van der Waals surface area contributed by atoms with Crippen LogP contribution >= 0.6 is 0 Å². The SMILES string of the molecule is CCCCCCCCCC(=O)c1ccc([O-])c(C(=O)O)c1.[NH3+]CCO. The number of hydrogen-bond acceptors (Lipinski definition) is 4. The Labute approximate surface area is 149 Å². The van der Waals surface area contributed by atoms with Gasteiger partial charge in [0.15, 0.2) is 5.78 Å². The molecule has 25 heavy (non-hydrogen) atoms. The first-order valence-electron chi connectivity index (χ1n) is 8.95. The Hall–Kier alpha value is -1.92. The molecule has 6 heteroatoms. The van der Waals surface area contributed by atoms with Gasteiger partial charge in [0.25, 0.3) is 0 Å². The van der Waals surface area contributed by atoms with E-state index in [1.165, 1.54) is 37.8 Å². The molecule has 5 N–H and O–H groups in total. The largest absolute Gasteiger partial charge is 0.872 e. The van der Waals surface area contributed by atoms with Gasteiger partial charge in [0.2, 0.25) is 0 Å². The van der Waals surface area contributed by atoms with Crippen LogP contribution in [0.2, 0.25) is 0 Å². The highest BCUT2D eigenvalue weighted by molar-refractivity contribution is 5.99. The van der Waals surface area contributed by atoms with E-state index in [0.29, 0.717) is 18.5 Å². The molecule has 0 aromatic heterocycles. The zero-order valence-corrected chi connectivity index (χ0v) is 15.1. The summed E-state index contributed by atoms with van der Waals surface area (Å²) < 4.78 is 0. The smallest absolute Gasteiger partial charge is 0.335 e. The summed E-state index contributed by atoms with van der Waals surface area (Å²) in [7, 11) is 0.